The van der Waals surface area contributed by atoms with Gasteiger partial charge in [-0.1, -0.05) is 13.0 Å². The van der Waals surface area contributed by atoms with Gasteiger partial charge < -0.3 is 10.6 Å². The van der Waals surface area contributed by atoms with Gasteiger partial charge in [0.15, 0.2) is 0 Å². The highest BCUT2D eigenvalue weighted by Crippen LogP contribution is 2.29. The summed E-state index contributed by atoms with van der Waals surface area (Å²) >= 11 is 2.03. The Hall–Kier alpha value is -0.830. The Balaban J connectivity index is 1.98. The predicted octanol–water partition coefficient (Wildman–Crippen LogP) is 3.16. The number of fused-ring (bicyclic) bond motifs is 1. The molecular weight excluding hydrogens is 228 g/mol. The van der Waals surface area contributed by atoms with E-state index >= 15 is 0 Å². The SMILES string of the molecule is CCSCCCN1CCCc2ccc(N)cc21. The maximum Gasteiger partial charge on any atom is 0.0419 e. The van der Waals surface area contributed by atoms with Crippen LogP contribution in [-0.2, 0) is 6.42 Å². The number of nitrogen functional groups attached to an aromatic ring is 1. The minimum atomic E-state index is 0.888. The van der Waals surface area contributed by atoms with Crippen LogP contribution in [0.1, 0.15) is 25.3 Å². The van der Waals surface area contributed by atoms with E-state index in [2.05, 4.69) is 24.0 Å². The lowest BCUT2D eigenvalue weighted by molar-refractivity contribution is 0.683. The van der Waals surface area contributed by atoms with E-state index in [0.717, 1.165) is 5.69 Å². The van der Waals surface area contributed by atoms with Crippen LogP contribution in [0.15, 0.2) is 18.2 Å². The predicted molar refractivity (Wildman–Crippen MR) is 79.0 cm³/mol. The molecule has 2 rings (SSSR count). The lowest BCUT2D eigenvalue weighted by Crippen LogP contribution is -2.30. The lowest BCUT2D eigenvalue weighted by Gasteiger charge is -2.31. The molecule has 1 aromatic carbocycles. The molecule has 17 heavy (non-hydrogen) atoms. The summed E-state index contributed by atoms with van der Waals surface area (Å²) < 4.78 is 0. The first kappa shape index (κ1) is 12.6. The number of thioether (sulfide) groups is 1. The van der Waals surface area contributed by atoms with Gasteiger partial charge in [0.25, 0.3) is 0 Å². The number of hydrogen-bond donors (Lipinski definition) is 1. The normalized spacial score (nSPS) is 14.8. The summed E-state index contributed by atoms with van der Waals surface area (Å²) in [6.07, 6.45) is 3.75. The van der Waals surface area contributed by atoms with E-state index < -0.39 is 0 Å². The van der Waals surface area contributed by atoms with Gasteiger partial charge in [-0.05, 0) is 48.5 Å². The Morgan fingerprint density at radius 1 is 1.41 bits per heavy atom. The molecule has 0 fully saturated rings. The van der Waals surface area contributed by atoms with Gasteiger partial charge in [0.05, 0.1) is 0 Å². The molecule has 94 valence electrons. The van der Waals surface area contributed by atoms with E-state index in [0.29, 0.717) is 0 Å². The van der Waals surface area contributed by atoms with Crippen LogP contribution in [0.3, 0.4) is 0 Å². The van der Waals surface area contributed by atoms with E-state index in [9.17, 15) is 0 Å². The van der Waals surface area contributed by atoms with Crippen molar-refractivity contribution in [3.8, 4) is 0 Å². The van der Waals surface area contributed by atoms with E-state index in [-0.39, 0.29) is 0 Å². The summed E-state index contributed by atoms with van der Waals surface area (Å²) in [5, 5.41) is 0. The van der Waals surface area contributed by atoms with Crippen LogP contribution in [-0.4, -0.2) is 24.6 Å². The Morgan fingerprint density at radius 3 is 3.12 bits per heavy atom. The molecule has 0 aliphatic carbocycles. The Morgan fingerprint density at radius 2 is 2.29 bits per heavy atom. The van der Waals surface area contributed by atoms with Crippen molar-refractivity contribution in [1.82, 2.24) is 0 Å². The fourth-order valence-electron chi connectivity index (χ4n) is 2.40. The zero-order chi connectivity index (χ0) is 12.1. The molecule has 2 nitrogen and oxygen atoms in total. The van der Waals surface area contributed by atoms with Gasteiger partial charge in [0.1, 0.15) is 0 Å². The van der Waals surface area contributed by atoms with Crippen molar-refractivity contribution in [2.75, 3.05) is 35.2 Å². The van der Waals surface area contributed by atoms with Crippen LogP contribution in [0.5, 0.6) is 0 Å². The lowest BCUT2D eigenvalue weighted by atomic mass is 10.0. The number of hydrogen-bond acceptors (Lipinski definition) is 3. The van der Waals surface area contributed by atoms with Crippen molar-refractivity contribution in [2.45, 2.75) is 26.2 Å². The maximum atomic E-state index is 5.89. The number of nitrogens with two attached hydrogens (primary N) is 1. The molecule has 1 aliphatic heterocycles. The first-order valence-corrected chi connectivity index (χ1v) is 7.68. The second kappa shape index (κ2) is 6.20. The molecule has 0 atom stereocenters. The van der Waals surface area contributed by atoms with Crippen LogP contribution >= 0.6 is 11.8 Å². The number of aryl methyl sites for hydroxylation is 1. The van der Waals surface area contributed by atoms with Crippen molar-refractivity contribution >= 4 is 23.1 Å². The first-order valence-electron chi connectivity index (χ1n) is 6.52. The third kappa shape index (κ3) is 3.32. The summed E-state index contributed by atoms with van der Waals surface area (Å²) in [5.41, 5.74) is 9.62. The molecular formula is C14H22N2S. The average Bonchev–Trinajstić information content (AvgIpc) is 2.35. The van der Waals surface area contributed by atoms with Gasteiger partial charge in [-0.25, -0.2) is 0 Å². The van der Waals surface area contributed by atoms with Crippen molar-refractivity contribution in [3.05, 3.63) is 23.8 Å². The molecule has 0 amide bonds. The number of benzene rings is 1. The third-order valence-electron chi connectivity index (χ3n) is 3.25. The van der Waals surface area contributed by atoms with Gasteiger partial charge in [0, 0.05) is 24.5 Å². The maximum absolute atomic E-state index is 5.89. The third-order valence-corrected chi connectivity index (χ3v) is 4.23. The highest BCUT2D eigenvalue weighted by molar-refractivity contribution is 7.99. The van der Waals surface area contributed by atoms with Crippen LogP contribution in [0.2, 0.25) is 0 Å². The quantitative estimate of drug-likeness (QED) is 0.643. The largest absolute Gasteiger partial charge is 0.399 e. The monoisotopic (exact) mass is 250 g/mol. The van der Waals surface area contributed by atoms with Crippen molar-refractivity contribution in [1.29, 1.82) is 0 Å². The molecule has 2 N–H and O–H groups in total. The van der Waals surface area contributed by atoms with Crippen LogP contribution in [0, 0.1) is 0 Å². The molecule has 0 bridgehead atoms. The summed E-state index contributed by atoms with van der Waals surface area (Å²) in [6, 6.07) is 6.36. The fourth-order valence-corrected chi connectivity index (χ4v) is 3.02. The Labute approximate surface area is 109 Å². The molecule has 1 aromatic rings. The molecule has 0 spiro atoms. The highest BCUT2D eigenvalue weighted by atomic mass is 32.2. The van der Waals surface area contributed by atoms with Gasteiger partial charge in [0.2, 0.25) is 0 Å². The highest BCUT2D eigenvalue weighted by Gasteiger charge is 2.16. The van der Waals surface area contributed by atoms with Crippen LogP contribution < -0.4 is 10.6 Å². The first-order chi connectivity index (χ1) is 8.31. The average molecular weight is 250 g/mol. The molecule has 0 radical (unpaired) electrons. The van der Waals surface area contributed by atoms with Gasteiger partial charge in [-0.3, -0.25) is 0 Å². The van der Waals surface area contributed by atoms with E-state index in [1.165, 1.54) is 55.1 Å². The summed E-state index contributed by atoms with van der Waals surface area (Å²) in [5.74, 6) is 2.49. The zero-order valence-corrected chi connectivity index (χ0v) is 11.4. The zero-order valence-electron chi connectivity index (χ0n) is 10.6. The molecule has 1 aliphatic rings. The second-order valence-corrected chi connectivity index (χ2v) is 5.92. The molecule has 3 heteroatoms. The van der Waals surface area contributed by atoms with Crippen molar-refractivity contribution in [2.24, 2.45) is 0 Å². The number of anilines is 2. The minimum absolute atomic E-state index is 0.888. The van der Waals surface area contributed by atoms with Gasteiger partial charge in [-0.2, -0.15) is 11.8 Å². The summed E-state index contributed by atoms with van der Waals surface area (Å²) in [4.78, 5) is 2.51. The standard InChI is InChI=1S/C14H22N2S/c1-2-17-10-4-9-16-8-3-5-12-6-7-13(15)11-14(12)16/h6-7,11H,2-5,8-10,15H2,1H3. The topological polar surface area (TPSA) is 29.3 Å². The van der Waals surface area contributed by atoms with Crippen LogP contribution in [0.4, 0.5) is 11.4 Å². The molecule has 0 aromatic heterocycles. The summed E-state index contributed by atoms with van der Waals surface area (Å²) in [7, 11) is 0. The molecule has 0 saturated heterocycles. The van der Waals surface area contributed by atoms with Gasteiger partial charge >= 0.3 is 0 Å². The molecule has 0 saturated carbocycles. The number of rotatable bonds is 5. The Kier molecular flexibility index (Phi) is 4.60. The van der Waals surface area contributed by atoms with E-state index in [4.69, 9.17) is 5.73 Å². The number of nitrogens with zero attached hydrogens (tertiary/aromatic N) is 1. The fraction of sp³-hybridized carbons (Fsp3) is 0.571. The van der Waals surface area contributed by atoms with E-state index in [1.807, 2.05) is 17.8 Å². The molecule has 1 heterocycles. The summed E-state index contributed by atoms with van der Waals surface area (Å²) in [6.45, 7) is 4.58. The minimum Gasteiger partial charge on any atom is -0.399 e. The second-order valence-electron chi connectivity index (χ2n) is 4.53. The van der Waals surface area contributed by atoms with Crippen LogP contribution in [0.25, 0.3) is 0 Å². The van der Waals surface area contributed by atoms with E-state index in [1.54, 1.807) is 0 Å². The smallest absolute Gasteiger partial charge is 0.0419 e. The molecule has 0 unspecified atom stereocenters. The van der Waals surface area contributed by atoms with Gasteiger partial charge in [-0.15, -0.1) is 0 Å². The van der Waals surface area contributed by atoms with Crippen molar-refractivity contribution < 1.29 is 0 Å². The van der Waals surface area contributed by atoms with Crippen molar-refractivity contribution in [3.63, 3.8) is 0 Å². The Bertz CT molecular complexity index is 365.